The number of aliphatic hydroxyl groups excluding tert-OH is 1. The topological polar surface area (TPSA) is 66.8 Å². The van der Waals surface area contributed by atoms with E-state index in [9.17, 15) is 8.42 Å². The first-order valence-corrected chi connectivity index (χ1v) is 6.44. The molecular formula is C8H17NO4S. The van der Waals surface area contributed by atoms with Gasteiger partial charge < -0.3 is 9.84 Å². The monoisotopic (exact) mass is 223 g/mol. The van der Waals surface area contributed by atoms with E-state index in [-0.39, 0.29) is 12.4 Å². The van der Waals surface area contributed by atoms with Crippen molar-refractivity contribution in [1.82, 2.24) is 4.31 Å². The Labute approximate surface area is 84.7 Å². The Balaban J connectivity index is 2.51. The average Bonchev–Trinajstić information content (AvgIpc) is 2.43. The molecule has 0 saturated carbocycles. The average molecular weight is 223 g/mol. The Morgan fingerprint density at radius 2 is 2.07 bits per heavy atom. The Hall–Kier alpha value is -0.170. The quantitative estimate of drug-likeness (QED) is 0.692. The van der Waals surface area contributed by atoms with Gasteiger partial charge in [0.15, 0.2) is 0 Å². The molecule has 1 rings (SSSR count). The van der Waals surface area contributed by atoms with Crippen molar-refractivity contribution in [1.29, 1.82) is 0 Å². The van der Waals surface area contributed by atoms with Gasteiger partial charge in [-0.25, -0.2) is 8.42 Å². The van der Waals surface area contributed by atoms with Gasteiger partial charge in [-0.1, -0.05) is 0 Å². The molecule has 0 aromatic carbocycles. The summed E-state index contributed by atoms with van der Waals surface area (Å²) in [5.41, 5.74) is 0. The molecule has 1 aliphatic rings. The summed E-state index contributed by atoms with van der Waals surface area (Å²) in [4.78, 5) is 0. The van der Waals surface area contributed by atoms with Crippen LogP contribution in [-0.4, -0.2) is 56.5 Å². The summed E-state index contributed by atoms with van der Waals surface area (Å²) in [7, 11) is -3.18. The van der Waals surface area contributed by atoms with Gasteiger partial charge in [0, 0.05) is 26.3 Å². The molecule has 0 amide bonds. The maximum absolute atomic E-state index is 11.7. The largest absolute Gasteiger partial charge is 0.396 e. The van der Waals surface area contributed by atoms with Crippen molar-refractivity contribution in [3.63, 3.8) is 0 Å². The molecule has 1 fully saturated rings. The SMILES string of the molecule is O=S(=O)(CCCO)N1CCCOCC1. The van der Waals surface area contributed by atoms with E-state index in [2.05, 4.69) is 0 Å². The molecule has 0 bridgehead atoms. The van der Waals surface area contributed by atoms with E-state index in [1.165, 1.54) is 4.31 Å². The van der Waals surface area contributed by atoms with Crippen LogP contribution in [0.3, 0.4) is 0 Å². The van der Waals surface area contributed by atoms with Crippen molar-refractivity contribution < 1.29 is 18.3 Å². The smallest absolute Gasteiger partial charge is 0.214 e. The summed E-state index contributed by atoms with van der Waals surface area (Å²) in [5, 5.41) is 8.58. The lowest BCUT2D eigenvalue weighted by Crippen LogP contribution is -2.35. The highest BCUT2D eigenvalue weighted by Crippen LogP contribution is 2.07. The van der Waals surface area contributed by atoms with Crippen molar-refractivity contribution in [2.24, 2.45) is 0 Å². The first-order chi connectivity index (χ1) is 6.67. The summed E-state index contributed by atoms with van der Waals surface area (Å²) < 4.78 is 29.9. The summed E-state index contributed by atoms with van der Waals surface area (Å²) in [6, 6.07) is 0. The zero-order valence-corrected chi connectivity index (χ0v) is 9.00. The van der Waals surface area contributed by atoms with E-state index in [0.29, 0.717) is 32.7 Å². The van der Waals surface area contributed by atoms with Crippen molar-refractivity contribution in [3.8, 4) is 0 Å². The molecule has 1 N–H and O–H groups in total. The predicted octanol–water partition coefficient (Wildman–Crippen LogP) is -0.579. The molecule has 1 aliphatic heterocycles. The van der Waals surface area contributed by atoms with Crippen LogP contribution < -0.4 is 0 Å². The number of nitrogens with zero attached hydrogens (tertiary/aromatic N) is 1. The van der Waals surface area contributed by atoms with E-state index >= 15 is 0 Å². The number of ether oxygens (including phenoxy) is 1. The third-order valence-corrected chi connectivity index (χ3v) is 4.09. The van der Waals surface area contributed by atoms with Gasteiger partial charge >= 0.3 is 0 Å². The van der Waals surface area contributed by atoms with E-state index in [4.69, 9.17) is 9.84 Å². The Morgan fingerprint density at radius 3 is 2.79 bits per heavy atom. The standard InChI is InChI=1S/C8H17NO4S/c10-5-2-8-14(11,12)9-3-1-6-13-7-4-9/h10H,1-8H2. The van der Waals surface area contributed by atoms with Gasteiger partial charge in [-0.2, -0.15) is 4.31 Å². The van der Waals surface area contributed by atoms with E-state index in [1.807, 2.05) is 0 Å². The first kappa shape index (κ1) is 11.9. The van der Waals surface area contributed by atoms with Crippen LogP contribution in [0.5, 0.6) is 0 Å². The summed E-state index contributed by atoms with van der Waals surface area (Å²) in [6.07, 6.45) is 1.05. The van der Waals surface area contributed by atoms with Crippen LogP contribution in [0.4, 0.5) is 0 Å². The molecular weight excluding hydrogens is 206 g/mol. The van der Waals surface area contributed by atoms with Gasteiger partial charge in [0.2, 0.25) is 10.0 Å². The highest BCUT2D eigenvalue weighted by Gasteiger charge is 2.22. The van der Waals surface area contributed by atoms with Crippen LogP contribution in [0.25, 0.3) is 0 Å². The first-order valence-electron chi connectivity index (χ1n) is 4.83. The van der Waals surface area contributed by atoms with Crippen molar-refractivity contribution in [3.05, 3.63) is 0 Å². The minimum atomic E-state index is -3.18. The zero-order valence-electron chi connectivity index (χ0n) is 8.18. The van der Waals surface area contributed by atoms with Crippen LogP contribution in [-0.2, 0) is 14.8 Å². The van der Waals surface area contributed by atoms with Gasteiger partial charge in [-0.3, -0.25) is 0 Å². The minimum Gasteiger partial charge on any atom is -0.396 e. The lowest BCUT2D eigenvalue weighted by atomic mass is 10.5. The number of sulfonamides is 1. The summed E-state index contributed by atoms with van der Waals surface area (Å²) in [6.45, 7) is 2.00. The highest BCUT2D eigenvalue weighted by atomic mass is 32.2. The maximum atomic E-state index is 11.7. The highest BCUT2D eigenvalue weighted by molar-refractivity contribution is 7.89. The van der Waals surface area contributed by atoms with Crippen LogP contribution in [0, 0.1) is 0 Å². The van der Waals surface area contributed by atoms with Crippen LogP contribution in [0.1, 0.15) is 12.8 Å². The lowest BCUT2D eigenvalue weighted by molar-refractivity contribution is 0.148. The maximum Gasteiger partial charge on any atom is 0.214 e. The fraction of sp³-hybridized carbons (Fsp3) is 1.00. The summed E-state index contributed by atoms with van der Waals surface area (Å²) in [5.74, 6) is 0.0312. The molecule has 0 aromatic rings. The fourth-order valence-corrected chi connectivity index (χ4v) is 2.89. The van der Waals surface area contributed by atoms with Gasteiger partial charge in [-0.05, 0) is 12.8 Å². The lowest BCUT2D eigenvalue weighted by Gasteiger charge is -2.18. The Morgan fingerprint density at radius 1 is 1.29 bits per heavy atom. The number of hydrogen-bond acceptors (Lipinski definition) is 4. The number of hydrogen-bond donors (Lipinski definition) is 1. The van der Waals surface area contributed by atoms with Crippen molar-refractivity contribution in [2.45, 2.75) is 12.8 Å². The number of rotatable bonds is 4. The molecule has 0 aromatic heterocycles. The zero-order chi connectivity index (χ0) is 10.4. The van der Waals surface area contributed by atoms with E-state index in [0.717, 1.165) is 6.42 Å². The molecule has 84 valence electrons. The van der Waals surface area contributed by atoms with Gasteiger partial charge in [0.25, 0.3) is 0 Å². The third kappa shape index (κ3) is 3.53. The van der Waals surface area contributed by atoms with E-state index in [1.54, 1.807) is 0 Å². The van der Waals surface area contributed by atoms with Crippen molar-refractivity contribution >= 4 is 10.0 Å². The molecule has 0 unspecified atom stereocenters. The Bertz CT molecular complexity index is 244. The fourth-order valence-electron chi connectivity index (χ4n) is 1.38. The molecule has 0 atom stereocenters. The van der Waals surface area contributed by atoms with Crippen LogP contribution >= 0.6 is 0 Å². The molecule has 14 heavy (non-hydrogen) atoms. The molecule has 1 heterocycles. The molecule has 5 nitrogen and oxygen atoms in total. The van der Waals surface area contributed by atoms with Crippen molar-refractivity contribution in [2.75, 3.05) is 38.7 Å². The number of aliphatic hydroxyl groups is 1. The molecule has 1 saturated heterocycles. The van der Waals surface area contributed by atoms with Gasteiger partial charge in [0.1, 0.15) is 0 Å². The van der Waals surface area contributed by atoms with Crippen LogP contribution in [0.15, 0.2) is 0 Å². The summed E-state index contributed by atoms with van der Waals surface area (Å²) >= 11 is 0. The third-order valence-electron chi connectivity index (χ3n) is 2.14. The molecule has 0 aliphatic carbocycles. The van der Waals surface area contributed by atoms with E-state index < -0.39 is 10.0 Å². The second kappa shape index (κ2) is 5.65. The van der Waals surface area contributed by atoms with Gasteiger partial charge in [0.05, 0.1) is 12.4 Å². The normalized spacial score (nSPS) is 20.6. The molecule has 6 heteroatoms. The van der Waals surface area contributed by atoms with Gasteiger partial charge in [-0.15, -0.1) is 0 Å². The molecule has 0 spiro atoms. The predicted molar refractivity (Wildman–Crippen MR) is 52.5 cm³/mol. The van der Waals surface area contributed by atoms with Crippen LogP contribution in [0.2, 0.25) is 0 Å². The molecule has 0 radical (unpaired) electrons. The Kier molecular flexibility index (Phi) is 4.80. The minimum absolute atomic E-state index is 0.0312. The second-order valence-corrected chi connectivity index (χ2v) is 5.35. The second-order valence-electron chi connectivity index (χ2n) is 3.26.